The number of benzene rings is 5. The fourth-order valence-corrected chi connectivity index (χ4v) is 6.33. The molecular formula is C42H40Cl2O8. The number of rotatable bonds is 20. The molecule has 4 atom stereocenters. The Kier molecular flexibility index (Phi) is 14.2. The lowest BCUT2D eigenvalue weighted by atomic mass is 9.95. The summed E-state index contributed by atoms with van der Waals surface area (Å²) in [6, 6.07) is 41.9. The van der Waals surface area contributed by atoms with Crippen molar-refractivity contribution in [1.29, 1.82) is 0 Å². The monoisotopic (exact) mass is 742 g/mol. The largest absolute Gasteiger partial charge is 0.493 e. The second kappa shape index (κ2) is 19.4. The Morgan fingerprint density at radius 1 is 0.442 bits per heavy atom. The fourth-order valence-electron chi connectivity index (χ4n) is 5.56. The highest BCUT2D eigenvalue weighted by Gasteiger charge is 2.30. The van der Waals surface area contributed by atoms with Crippen LogP contribution in [0.3, 0.4) is 0 Å². The van der Waals surface area contributed by atoms with Gasteiger partial charge in [-0.25, -0.2) is 0 Å². The van der Waals surface area contributed by atoms with Crippen LogP contribution >= 0.6 is 23.2 Å². The summed E-state index contributed by atoms with van der Waals surface area (Å²) in [6.45, 7) is 0.163. The van der Waals surface area contributed by atoms with Gasteiger partial charge in [0.2, 0.25) is 0 Å². The van der Waals surface area contributed by atoms with Gasteiger partial charge in [0.1, 0.15) is 23.0 Å². The van der Waals surface area contributed by atoms with Gasteiger partial charge in [-0.2, -0.15) is 0 Å². The van der Waals surface area contributed by atoms with E-state index in [2.05, 4.69) is 0 Å². The molecule has 0 aliphatic heterocycles. The van der Waals surface area contributed by atoms with E-state index < -0.39 is 35.6 Å². The molecule has 2 N–H and O–H groups in total. The molecule has 0 spiro atoms. The molecule has 0 heterocycles. The third-order valence-corrected chi connectivity index (χ3v) is 9.35. The normalized spacial score (nSPS) is 13.3. The fraction of sp³-hybridized carbons (Fsp3) is 0.238. The summed E-state index contributed by atoms with van der Waals surface area (Å²) in [6.07, 6.45) is 0. The molecule has 4 unspecified atom stereocenters. The van der Waals surface area contributed by atoms with Crippen LogP contribution in [0.4, 0.5) is 0 Å². The van der Waals surface area contributed by atoms with E-state index in [-0.39, 0.29) is 38.2 Å². The van der Waals surface area contributed by atoms with Crippen LogP contribution < -0.4 is 18.9 Å². The Hall–Kier alpha value is -5.18. The quantitative estimate of drug-likeness (QED) is 0.0760. The lowest BCUT2D eigenvalue weighted by Gasteiger charge is -2.24. The highest BCUT2D eigenvalue weighted by Crippen LogP contribution is 2.27. The lowest BCUT2D eigenvalue weighted by Crippen LogP contribution is -2.34. The summed E-state index contributed by atoms with van der Waals surface area (Å²) in [5.41, 5.74) is 4.23. The second-order valence-corrected chi connectivity index (χ2v) is 12.8. The van der Waals surface area contributed by atoms with E-state index in [0.717, 1.165) is 22.3 Å². The number of carboxylic acid groups (broad SMARTS) is 2. The third kappa shape index (κ3) is 10.9. The van der Waals surface area contributed by atoms with Gasteiger partial charge in [0, 0.05) is 29.7 Å². The summed E-state index contributed by atoms with van der Waals surface area (Å²) in [5.74, 6) is -3.23. The van der Waals surface area contributed by atoms with E-state index >= 15 is 0 Å². The summed E-state index contributed by atoms with van der Waals surface area (Å²) in [7, 11) is 0. The molecule has 10 heteroatoms. The number of carboxylic acids is 2. The standard InChI is InChI=1S/C42H40Cl2O8/c43-23-39(41(45)46)33(25-49-35-18-14-31(15-19-35)29-8-3-1-4-9-29)27-51-37-12-7-13-38(22-37)52-28-34(40(24-44)42(47)48)26-50-36-20-16-32(17-21-36)30-10-5-2-6-11-30/h1-22,33-34,39-40H,23-28H2,(H,45,46)(H,47,48). The van der Waals surface area contributed by atoms with Crippen LogP contribution in [-0.4, -0.2) is 60.3 Å². The van der Waals surface area contributed by atoms with Gasteiger partial charge >= 0.3 is 11.9 Å². The highest BCUT2D eigenvalue weighted by atomic mass is 35.5. The van der Waals surface area contributed by atoms with Crippen LogP contribution in [0.15, 0.2) is 133 Å². The van der Waals surface area contributed by atoms with Crippen molar-refractivity contribution in [3.63, 3.8) is 0 Å². The highest BCUT2D eigenvalue weighted by molar-refractivity contribution is 6.19. The van der Waals surface area contributed by atoms with E-state index in [1.165, 1.54) is 0 Å². The summed E-state index contributed by atoms with van der Waals surface area (Å²) >= 11 is 12.2. The lowest BCUT2D eigenvalue weighted by molar-refractivity contribution is -0.144. The van der Waals surface area contributed by atoms with E-state index in [1.54, 1.807) is 24.3 Å². The number of hydrogen-bond acceptors (Lipinski definition) is 6. The van der Waals surface area contributed by atoms with Crippen LogP contribution in [0.25, 0.3) is 22.3 Å². The number of ether oxygens (including phenoxy) is 4. The maximum atomic E-state index is 12.1. The van der Waals surface area contributed by atoms with E-state index in [0.29, 0.717) is 23.0 Å². The SMILES string of the molecule is O=C(O)C(CCl)C(COc1ccc(-c2ccccc2)cc1)COc1cccc(OCC(COc2ccc(-c3ccccc3)cc2)C(CCl)C(=O)O)c1. The molecule has 5 rings (SSSR count). The van der Waals surface area contributed by atoms with Gasteiger partial charge in [-0.15, -0.1) is 23.2 Å². The first-order valence-corrected chi connectivity index (χ1v) is 17.9. The molecule has 5 aromatic carbocycles. The van der Waals surface area contributed by atoms with Crippen LogP contribution in [-0.2, 0) is 9.59 Å². The van der Waals surface area contributed by atoms with Crippen LogP contribution in [0.5, 0.6) is 23.0 Å². The number of hydrogen-bond donors (Lipinski definition) is 2. The predicted molar refractivity (Wildman–Crippen MR) is 203 cm³/mol. The molecule has 0 aliphatic rings. The zero-order valence-corrected chi connectivity index (χ0v) is 29.9. The molecule has 0 radical (unpaired) electrons. The zero-order valence-electron chi connectivity index (χ0n) is 28.4. The Morgan fingerprint density at radius 3 is 1.10 bits per heavy atom. The van der Waals surface area contributed by atoms with Gasteiger partial charge in [0.25, 0.3) is 0 Å². The Morgan fingerprint density at radius 2 is 0.769 bits per heavy atom. The molecule has 270 valence electrons. The summed E-state index contributed by atoms with van der Waals surface area (Å²) in [4.78, 5) is 24.1. The number of aliphatic carboxylic acids is 2. The molecule has 0 aliphatic carbocycles. The van der Waals surface area contributed by atoms with Crippen LogP contribution in [0.1, 0.15) is 0 Å². The maximum Gasteiger partial charge on any atom is 0.308 e. The van der Waals surface area contributed by atoms with Gasteiger partial charge < -0.3 is 29.2 Å². The second-order valence-electron chi connectivity index (χ2n) is 12.2. The Balaban J connectivity index is 1.19. The molecule has 0 amide bonds. The molecular weight excluding hydrogens is 703 g/mol. The van der Waals surface area contributed by atoms with Crippen molar-refractivity contribution >= 4 is 35.1 Å². The summed E-state index contributed by atoms with van der Waals surface area (Å²) < 4.78 is 24.1. The number of alkyl halides is 2. The smallest absolute Gasteiger partial charge is 0.308 e. The van der Waals surface area contributed by atoms with Gasteiger partial charge in [-0.1, -0.05) is 91.0 Å². The first kappa shape index (κ1) is 38.1. The van der Waals surface area contributed by atoms with E-state index in [9.17, 15) is 19.8 Å². The van der Waals surface area contributed by atoms with Crippen molar-refractivity contribution in [3.8, 4) is 45.3 Å². The average molecular weight is 744 g/mol. The van der Waals surface area contributed by atoms with Crippen molar-refractivity contribution in [3.05, 3.63) is 133 Å². The first-order valence-electron chi connectivity index (χ1n) is 16.8. The first-order chi connectivity index (χ1) is 25.3. The minimum atomic E-state index is -1.05. The van der Waals surface area contributed by atoms with E-state index in [4.69, 9.17) is 42.1 Å². The molecule has 0 aromatic heterocycles. The molecule has 5 aromatic rings. The van der Waals surface area contributed by atoms with Gasteiger partial charge in [0.05, 0.1) is 38.3 Å². The van der Waals surface area contributed by atoms with Crippen molar-refractivity contribution in [2.75, 3.05) is 38.2 Å². The molecule has 52 heavy (non-hydrogen) atoms. The topological polar surface area (TPSA) is 112 Å². The van der Waals surface area contributed by atoms with Crippen LogP contribution in [0.2, 0.25) is 0 Å². The predicted octanol–water partition coefficient (Wildman–Crippen LogP) is 9.05. The number of carbonyl (C=O) groups is 2. The Bertz CT molecular complexity index is 1700. The molecule has 0 saturated carbocycles. The van der Waals surface area contributed by atoms with Crippen LogP contribution in [0, 0.1) is 23.7 Å². The third-order valence-electron chi connectivity index (χ3n) is 8.69. The zero-order chi connectivity index (χ0) is 36.7. The molecule has 0 fully saturated rings. The van der Waals surface area contributed by atoms with Crippen molar-refractivity contribution in [2.45, 2.75) is 0 Å². The minimum Gasteiger partial charge on any atom is -0.493 e. The average Bonchev–Trinajstić information content (AvgIpc) is 3.18. The van der Waals surface area contributed by atoms with Crippen molar-refractivity contribution in [2.24, 2.45) is 23.7 Å². The summed E-state index contributed by atoms with van der Waals surface area (Å²) in [5, 5.41) is 19.7. The van der Waals surface area contributed by atoms with E-state index in [1.807, 2.05) is 109 Å². The molecule has 8 nitrogen and oxygen atoms in total. The minimum absolute atomic E-state index is 0.0160. The number of halogens is 2. The van der Waals surface area contributed by atoms with Gasteiger partial charge in [-0.3, -0.25) is 9.59 Å². The van der Waals surface area contributed by atoms with Crippen molar-refractivity contribution in [1.82, 2.24) is 0 Å². The van der Waals surface area contributed by atoms with Gasteiger partial charge in [0.15, 0.2) is 0 Å². The molecule has 0 saturated heterocycles. The Labute approximate surface area is 313 Å². The van der Waals surface area contributed by atoms with Crippen molar-refractivity contribution < 1.29 is 38.7 Å². The van der Waals surface area contributed by atoms with Gasteiger partial charge in [-0.05, 0) is 58.7 Å². The maximum absolute atomic E-state index is 12.1. The molecule has 0 bridgehead atoms.